The fourth-order valence-electron chi connectivity index (χ4n) is 3.57. The van der Waals surface area contributed by atoms with Crippen LogP contribution in [-0.4, -0.2) is 39.1 Å². The number of methoxy groups -OCH3 is 1. The van der Waals surface area contributed by atoms with Gasteiger partial charge in [-0.15, -0.1) is 0 Å². The number of rotatable bonds is 7. The minimum absolute atomic E-state index is 0.0968. The molecule has 1 saturated heterocycles. The second-order valence-corrected chi connectivity index (χ2v) is 13.3. The van der Waals surface area contributed by atoms with Crippen molar-refractivity contribution >= 4 is 14.3 Å². The first-order valence-electron chi connectivity index (χ1n) is 8.59. The largest absolute Gasteiger partial charge is 0.469 e. The van der Waals surface area contributed by atoms with Crippen molar-refractivity contribution in [3.8, 4) is 0 Å². The summed E-state index contributed by atoms with van der Waals surface area (Å²) in [5.41, 5.74) is 0.246. The van der Waals surface area contributed by atoms with Crippen molar-refractivity contribution in [1.29, 1.82) is 0 Å². The first kappa shape index (κ1) is 18.0. The molecule has 2 rings (SSSR count). The second-order valence-electron chi connectivity index (χ2n) is 8.50. The van der Waals surface area contributed by atoms with E-state index in [0.717, 1.165) is 19.3 Å². The SMILES string of the molecule is CCC(CCC(=O)OC)C12CC(O[Si](C)(C)C(C)(C)C)C1N2. The molecule has 2 aliphatic rings. The van der Waals surface area contributed by atoms with E-state index in [1.54, 1.807) is 0 Å². The first-order valence-corrected chi connectivity index (χ1v) is 11.5. The summed E-state index contributed by atoms with van der Waals surface area (Å²) in [6.45, 7) is 13.7. The zero-order valence-corrected chi connectivity index (χ0v) is 16.3. The molecule has 4 atom stereocenters. The highest BCUT2D eigenvalue weighted by atomic mass is 28.4. The van der Waals surface area contributed by atoms with Crippen molar-refractivity contribution in [1.82, 2.24) is 5.32 Å². The number of hydrogen-bond donors (Lipinski definition) is 1. The standard InChI is InChI=1S/C17H33NO3Si/c1-8-12(9-10-14(19)20-5)17-11-13(15(17)18-17)21-22(6,7)16(2,3)4/h12-13,15,18H,8-11H2,1-7H3. The summed E-state index contributed by atoms with van der Waals surface area (Å²) < 4.78 is 11.3. The molecule has 4 unspecified atom stereocenters. The molecule has 0 aromatic rings. The van der Waals surface area contributed by atoms with Gasteiger partial charge >= 0.3 is 5.97 Å². The van der Waals surface area contributed by atoms with Gasteiger partial charge in [0.15, 0.2) is 8.32 Å². The Bertz CT molecular complexity index is 432. The van der Waals surface area contributed by atoms with E-state index >= 15 is 0 Å². The molecule has 1 saturated carbocycles. The summed E-state index contributed by atoms with van der Waals surface area (Å²) in [4.78, 5) is 11.4. The average Bonchev–Trinajstić information content (AvgIpc) is 3.02. The molecule has 1 N–H and O–H groups in total. The van der Waals surface area contributed by atoms with E-state index in [1.165, 1.54) is 7.11 Å². The van der Waals surface area contributed by atoms with Crippen LogP contribution in [-0.2, 0) is 14.0 Å². The number of ether oxygens (including phenoxy) is 1. The van der Waals surface area contributed by atoms with Gasteiger partial charge in [0.1, 0.15) is 0 Å². The molecule has 5 heteroatoms. The van der Waals surface area contributed by atoms with Crippen LogP contribution in [0.5, 0.6) is 0 Å². The molecule has 0 bridgehead atoms. The summed E-state index contributed by atoms with van der Waals surface area (Å²) in [5, 5.41) is 3.94. The molecule has 0 aromatic heterocycles. The Labute approximate surface area is 136 Å². The molecule has 0 spiro atoms. The van der Waals surface area contributed by atoms with Crippen LogP contribution >= 0.6 is 0 Å². The molecule has 4 nitrogen and oxygen atoms in total. The Morgan fingerprint density at radius 3 is 2.50 bits per heavy atom. The lowest BCUT2D eigenvalue weighted by Crippen LogP contribution is -2.53. The van der Waals surface area contributed by atoms with Crippen molar-refractivity contribution in [3.63, 3.8) is 0 Å². The first-order chi connectivity index (χ1) is 10.1. The third kappa shape index (κ3) is 3.13. The van der Waals surface area contributed by atoms with Crippen LogP contribution in [0, 0.1) is 5.92 Å². The van der Waals surface area contributed by atoms with Crippen LogP contribution in [0.3, 0.4) is 0 Å². The van der Waals surface area contributed by atoms with Crippen molar-refractivity contribution in [2.24, 2.45) is 5.92 Å². The Morgan fingerprint density at radius 1 is 1.41 bits per heavy atom. The van der Waals surface area contributed by atoms with E-state index in [9.17, 15) is 4.79 Å². The van der Waals surface area contributed by atoms with Crippen LogP contribution in [0.15, 0.2) is 0 Å². The van der Waals surface area contributed by atoms with Crippen molar-refractivity contribution < 1.29 is 14.0 Å². The zero-order chi connectivity index (χ0) is 16.8. The second kappa shape index (κ2) is 5.91. The highest BCUT2D eigenvalue weighted by Crippen LogP contribution is 2.56. The normalized spacial score (nSPS) is 32.0. The van der Waals surface area contributed by atoms with Crippen LogP contribution < -0.4 is 5.32 Å². The van der Waals surface area contributed by atoms with E-state index in [4.69, 9.17) is 9.16 Å². The zero-order valence-electron chi connectivity index (χ0n) is 15.3. The number of nitrogens with one attached hydrogen (secondary N) is 1. The van der Waals surface area contributed by atoms with Crippen LogP contribution in [0.1, 0.15) is 53.4 Å². The Morgan fingerprint density at radius 2 is 2.05 bits per heavy atom. The number of fused-ring (bicyclic) bond motifs is 1. The monoisotopic (exact) mass is 327 g/mol. The van der Waals surface area contributed by atoms with Gasteiger partial charge in [0.05, 0.1) is 19.3 Å². The number of carbonyl (C=O) groups is 1. The summed E-state index contributed by atoms with van der Waals surface area (Å²) in [7, 11) is -0.223. The highest BCUT2D eigenvalue weighted by molar-refractivity contribution is 6.74. The third-order valence-corrected chi connectivity index (χ3v) is 10.7. The van der Waals surface area contributed by atoms with E-state index in [0.29, 0.717) is 24.5 Å². The van der Waals surface area contributed by atoms with E-state index in [-0.39, 0.29) is 16.5 Å². The van der Waals surface area contributed by atoms with Gasteiger partial charge in [0.25, 0.3) is 0 Å². The molecule has 1 aliphatic heterocycles. The van der Waals surface area contributed by atoms with Gasteiger partial charge in [-0.1, -0.05) is 34.1 Å². The summed E-state index contributed by atoms with van der Waals surface area (Å²) in [6, 6.07) is 0.504. The van der Waals surface area contributed by atoms with Gasteiger partial charge in [-0.2, -0.15) is 0 Å². The van der Waals surface area contributed by atoms with Gasteiger partial charge in [-0.25, -0.2) is 0 Å². The number of esters is 1. The molecule has 0 aromatic carbocycles. The summed E-state index contributed by atoms with van der Waals surface area (Å²) in [5.74, 6) is 0.455. The molecule has 0 radical (unpaired) electrons. The Kier molecular flexibility index (Phi) is 4.82. The number of carbonyl (C=O) groups excluding carboxylic acids is 1. The molecule has 128 valence electrons. The van der Waals surface area contributed by atoms with Gasteiger partial charge in [-0.3, -0.25) is 4.79 Å². The molecular formula is C17H33NO3Si. The van der Waals surface area contributed by atoms with E-state index in [2.05, 4.69) is 46.1 Å². The third-order valence-electron chi connectivity index (χ3n) is 6.20. The van der Waals surface area contributed by atoms with Crippen LogP contribution in [0.4, 0.5) is 0 Å². The summed E-state index contributed by atoms with van der Waals surface area (Å²) >= 11 is 0. The smallest absolute Gasteiger partial charge is 0.305 e. The lowest BCUT2D eigenvalue weighted by molar-refractivity contribution is -0.141. The minimum Gasteiger partial charge on any atom is -0.469 e. The Hall–Kier alpha value is -0.393. The van der Waals surface area contributed by atoms with E-state index in [1.807, 2.05) is 0 Å². The minimum atomic E-state index is -1.69. The van der Waals surface area contributed by atoms with Gasteiger partial charge < -0.3 is 14.5 Å². The predicted molar refractivity (Wildman–Crippen MR) is 91.4 cm³/mol. The maximum Gasteiger partial charge on any atom is 0.305 e. The molecule has 1 aliphatic carbocycles. The number of hydrogen-bond acceptors (Lipinski definition) is 4. The van der Waals surface area contributed by atoms with Crippen molar-refractivity contribution in [2.45, 2.75) is 89.2 Å². The molecular weight excluding hydrogens is 294 g/mol. The van der Waals surface area contributed by atoms with Gasteiger partial charge in [0, 0.05) is 12.0 Å². The van der Waals surface area contributed by atoms with Gasteiger partial charge in [-0.05, 0) is 36.9 Å². The lowest BCUT2D eigenvalue weighted by atomic mass is 9.71. The maximum absolute atomic E-state index is 11.4. The Balaban J connectivity index is 1.87. The van der Waals surface area contributed by atoms with Crippen molar-refractivity contribution in [3.05, 3.63) is 0 Å². The van der Waals surface area contributed by atoms with Crippen LogP contribution in [0.25, 0.3) is 0 Å². The molecule has 1 heterocycles. The maximum atomic E-state index is 11.4. The topological polar surface area (TPSA) is 57.5 Å². The van der Waals surface area contributed by atoms with Crippen LogP contribution in [0.2, 0.25) is 18.1 Å². The predicted octanol–water partition coefficient (Wildman–Crippen LogP) is 3.47. The molecule has 2 fully saturated rings. The van der Waals surface area contributed by atoms with Crippen molar-refractivity contribution in [2.75, 3.05) is 7.11 Å². The highest BCUT2D eigenvalue weighted by Gasteiger charge is 2.70. The molecule has 0 amide bonds. The fourth-order valence-corrected chi connectivity index (χ4v) is 4.90. The quantitative estimate of drug-likeness (QED) is 0.442. The molecule has 22 heavy (non-hydrogen) atoms. The summed E-state index contributed by atoms with van der Waals surface area (Å²) in [6.07, 6.45) is 4.02. The lowest BCUT2D eigenvalue weighted by Gasteiger charge is -2.45. The van der Waals surface area contributed by atoms with E-state index < -0.39 is 8.32 Å². The van der Waals surface area contributed by atoms with Gasteiger partial charge in [0.2, 0.25) is 0 Å². The average molecular weight is 328 g/mol. The fraction of sp³-hybridized carbons (Fsp3) is 0.941.